The van der Waals surface area contributed by atoms with Crippen molar-refractivity contribution in [3.63, 3.8) is 0 Å². The highest BCUT2D eigenvalue weighted by atomic mass is 16.5. The van der Waals surface area contributed by atoms with Crippen LogP contribution in [-0.2, 0) is 0 Å². The number of nitrogens with two attached hydrogens (primary N) is 1. The number of amides is 1. The van der Waals surface area contributed by atoms with Crippen LogP contribution in [0.25, 0.3) is 0 Å². The van der Waals surface area contributed by atoms with E-state index in [0.29, 0.717) is 23.5 Å². The number of carbonyl (C=O) groups is 1. The van der Waals surface area contributed by atoms with Gasteiger partial charge in [0.2, 0.25) is 0 Å². The van der Waals surface area contributed by atoms with Gasteiger partial charge < -0.3 is 15.4 Å². The molecule has 0 radical (unpaired) electrons. The summed E-state index contributed by atoms with van der Waals surface area (Å²) in [6.07, 6.45) is 1.71. The van der Waals surface area contributed by atoms with E-state index >= 15 is 0 Å². The van der Waals surface area contributed by atoms with Crippen molar-refractivity contribution in [3.8, 4) is 5.75 Å². The third-order valence-electron chi connectivity index (χ3n) is 2.82. The van der Waals surface area contributed by atoms with Gasteiger partial charge in [0.05, 0.1) is 12.7 Å². The second-order valence-corrected chi connectivity index (χ2v) is 5.33. The molecule has 0 aliphatic heterocycles. The first kappa shape index (κ1) is 15.1. The summed E-state index contributed by atoms with van der Waals surface area (Å²) in [7, 11) is 1.54. The van der Waals surface area contributed by atoms with E-state index in [-0.39, 0.29) is 11.4 Å². The van der Waals surface area contributed by atoms with E-state index < -0.39 is 0 Å². The Morgan fingerprint density at radius 2 is 2.11 bits per heavy atom. The lowest BCUT2D eigenvalue weighted by atomic mass is 10.0. The molecule has 0 fully saturated rings. The number of carbonyl (C=O) groups excluding carboxylic acids is 1. The molecule has 0 unspecified atom stereocenters. The molecule has 4 nitrogen and oxygen atoms in total. The molecule has 1 rings (SSSR count). The molecule has 0 aromatic heterocycles. The van der Waals surface area contributed by atoms with Crippen LogP contribution < -0.4 is 10.5 Å². The first-order valence-electron chi connectivity index (χ1n) is 6.17. The monoisotopic (exact) mass is 262 g/mol. The topological polar surface area (TPSA) is 55.6 Å². The van der Waals surface area contributed by atoms with Gasteiger partial charge >= 0.3 is 0 Å². The Kier molecular flexibility index (Phi) is 4.59. The first-order valence-corrected chi connectivity index (χ1v) is 6.17. The van der Waals surface area contributed by atoms with Crippen molar-refractivity contribution in [1.29, 1.82) is 0 Å². The molecule has 1 aromatic carbocycles. The standard InChI is InChI=1S/C15H22N2O2/c1-6-9-17(15(2,3)4)14(18)12-10-11(16)7-8-13(12)19-5/h6-8,10H,1,9,16H2,2-5H3. The molecule has 0 spiro atoms. The third-order valence-corrected chi connectivity index (χ3v) is 2.82. The van der Waals surface area contributed by atoms with Crippen LogP contribution >= 0.6 is 0 Å². The van der Waals surface area contributed by atoms with Crippen LogP contribution in [0.2, 0.25) is 0 Å². The maximum absolute atomic E-state index is 12.7. The molecule has 4 heteroatoms. The smallest absolute Gasteiger partial charge is 0.258 e. The molecule has 0 atom stereocenters. The molecule has 2 N–H and O–H groups in total. The Morgan fingerprint density at radius 1 is 1.47 bits per heavy atom. The van der Waals surface area contributed by atoms with Crippen molar-refractivity contribution in [1.82, 2.24) is 4.90 Å². The van der Waals surface area contributed by atoms with Crippen LogP contribution in [0.3, 0.4) is 0 Å². The van der Waals surface area contributed by atoms with Crippen LogP contribution in [0.4, 0.5) is 5.69 Å². The summed E-state index contributed by atoms with van der Waals surface area (Å²) in [6.45, 7) is 10.1. The Hall–Kier alpha value is -1.97. The van der Waals surface area contributed by atoms with E-state index in [1.165, 1.54) is 7.11 Å². The van der Waals surface area contributed by atoms with Crippen LogP contribution in [0.15, 0.2) is 30.9 Å². The lowest BCUT2D eigenvalue weighted by molar-refractivity contribution is 0.0613. The van der Waals surface area contributed by atoms with Gasteiger partial charge in [-0.05, 0) is 39.0 Å². The van der Waals surface area contributed by atoms with E-state index in [1.54, 1.807) is 29.2 Å². The van der Waals surface area contributed by atoms with Crippen molar-refractivity contribution in [2.45, 2.75) is 26.3 Å². The number of benzene rings is 1. The van der Waals surface area contributed by atoms with Crippen LogP contribution in [0, 0.1) is 0 Å². The number of nitrogen functional groups attached to an aromatic ring is 1. The van der Waals surface area contributed by atoms with Crippen LogP contribution in [-0.4, -0.2) is 30.0 Å². The summed E-state index contributed by atoms with van der Waals surface area (Å²) in [5.41, 5.74) is 6.46. The maximum atomic E-state index is 12.7. The van der Waals surface area contributed by atoms with Gasteiger partial charge in [0, 0.05) is 17.8 Å². The summed E-state index contributed by atoms with van der Waals surface area (Å²) < 4.78 is 5.23. The molecule has 0 bridgehead atoms. The average molecular weight is 262 g/mol. The Balaban J connectivity index is 3.23. The highest BCUT2D eigenvalue weighted by molar-refractivity contribution is 5.98. The minimum Gasteiger partial charge on any atom is -0.496 e. The summed E-state index contributed by atoms with van der Waals surface area (Å²) >= 11 is 0. The van der Waals surface area contributed by atoms with E-state index in [4.69, 9.17) is 10.5 Å². The van der Waals surface area contributed by atoms with Crippen molar-refractivity contribution >= 4 is 11.6 Å². The fraction of sp³-hybridized carbons (Fsp3) is 0.400. The zero-order chi connectivity index (χ0) is 14.6. The second-order valence-electron chi connectivity index (χ2n) is 5.33. The SMILES string of the molecule is C=CCN(C(=O)c1cc(N)ccc1OC)C(C)(C)C. The maximum Gasteiger partial charge on any atom is 0.258 e. The molecule has 0 heterocycles. The van der Waals surface area contributed by atoms with Gasteiger partial charge in [-0.2, -0.15) is 0 Å². The van der Waals surface area contributed by atoms with Gasteiger partial charge in [0.15, 0.2) is 0 Å². The predicted molar refractivity (Wildman–Crippen MR) is 78.4 cm³/mol. The molecule has 104 valence electrons. The number of rotatable bonds is 4. The highest BCUT2D eigenvalue weighted by Gasteiger charge is 2.28. The summed E-state index contributed by atoms with van der Waals surface area (Å²) in [5, 5.41) is 0. The lowest BCUT2D eigenvalue weighted by Gasteiger charge is -2.35. The minimum atomic E-state index is -0.305. The number of nitrogens with zero attached hydrogens (tertiary/aromatic N) is 1. The van der Waals surface area contributed by atoms with Gasteiger partial charge in [-0.15, -0.1) is 6.58 Å². The number of ether oxygens (including phenoxy) is 1. The molecule has 1 aromatic rings. The van der Waals surface area contributed by atoms with Gasteiger partial charge in [-0.3, -0.25) is 4.79 Å². The molecule has 0 saturated heterocycles. The highest BCUT2D eigenvalue weighted by Crippen LogP contribution is 2.25. The molecule has 0 aliphatic rings. The lowest BCUT2D eigenvalue weighted by Crippen LogP contribution is -2.45. The molecule has 0 aliphatic carbocycles. The van der Waals surface area contributed by atoms with Gasteiger partial charge in [-0.25, -0.2) is 0 Å². The van der Waals surface area contributed by atoms with E-state index in [9.17, 15) is 4.79 Å². The van der Waals surface area contributed by atoms with Crippen LogP contribution in [0.1, 0.15) is 31.1 Å². The Labute approximate surface area is 114 Å². The molecule has 19 heavy (non-hydrogen) atoms. The van der Waals surface area contributed by atoms with Crippen molar-refractivity contribution in [3.05, 3.63) is 36.4 Å². The summed E-state index contributed by atoms with van der Waals surface area (Å²) in [6, 6.07) is 5.06. The summed E-state index contributed by atoms with van der Waals surface area (Å²) in [4.78, 5) is 14.4. The van der Waals surface area contributed by atoms with E-state index in [2.05, 4.69) is 6.58 Å². The fourth-order valence-corrected chi connectivity index (χ4v) is 1.83. The molecule has 1 amide bonds. The third kappa shape index (κ3) is 3.50. The van der Waals surface area contributed by atoms with Gasteiger partial charge in [0.25, 0.3) is 5.91 Å². The van der Waals surface area contributed by atoms with Crippen molar-refractivity contribution in [2.24, 2.45) is 0 Å². The van der Waals surface area contributed by atoms with Crippen molar-refractivity contribution < 1.29 is 9.53 Å². The number of methoxy groups -OCH3 is 1. The quantitative estimate of drug-likeness (QED) is 0.670. The van der Waals surface area contributed by atoms with Gasteiger partial charge in [-0.1, -0.05) is 6.08 Å². The normalized spacial score (nSPS) is 10.9. The molecular formula is C15H22N2O2. The minimum absolute atomic E-state index is 0.114. The number of hydrogen-bond donors (Lipinski definition) is 1. The zero-order valence-electron chi connectivity index (χ0n) is 12.1. The summed E-state index contributed by atoms with van der Waals surface area (Å²) in [5.74, 6) is 0.411. The van der Waals surface area contributed by atoms with Crippen LogP contribution in [0.5, 0.6) is 5.75 Å². The first-order chi connectivity index (χ1) is 8.81. The second kappa shape index (κ2) is 5.78. The number of hydrogen-bond acceptors (Lipinski definition) is 3. The Morgan fingerprint density at radius 3 is 2.58 bits per heavy atom. The van der Waals surface area contributed by atoms with E-state index in [1.807, 2.05) is 20.8 Å². The van der Waals surface area contributed by atoms with Crippen molar-refractivity contribution in [2.75, 3.05) is 19.4 Å². The largest absolute Gasteiger partial charge is 0.496 e. The Bertz CT molecular complexity index is 476. The number of anilines is 1. The van der Waals surface area contributed by atoms with Gasteiger partial charge in [0.1, 0.15) is 5.75 Å². The fourth-order valence-electron chi connectivity index (χ4n) is 1.83. The molecular weight excluding hydrogens is 240 g/mol. The average Bonchev–Trinajstić information content (AvgIpc) is 2.33. The predicted octanol–water partition coefficient (Wildman–Crippen LogP) is 2.70. The molecule has 0 saturated carbocycles. The zero-order valence-corrected chi connectivity index (χ0v) is 12.1. The van der Waals surface area contributed by atoms with E-state index in [0.717, 1.165) is 0 Å².